The molecule has 0 unspecified atom stereocenters. The zero-order chi connectivity index (χ0) is 14.8. The van der Waals surface area contributed by atoms with Gasteiger partial charge in [-0.3, -0.25) is 4.79 Å². The van der Waals surface area contributed by atoms with Crippen molar-refractivity contribution in [2.45, 2.75) is 38.9 Å². The Hall–Kier alpha value is -0.875. The van der Waals surface area contributed by atoms with Crippen molar-refractivity contribution in [2.24, 2.45) is 0 Å². The van der Waals surface area contributed by atoms with E-state index in [9.17, 15) is 14.9 Å². The molecule has 1 rings (SSSR count). The maximum absolute atomic E-state index is 10.9. The summed E-state index contributed by atoms with van der Waals surface area (Å²) in [4.78, 5) is 10.9. The fraction of sp³-hybridized carbons (Fsp3) is 0.462. The molecule has 0 radical (unpaired) electrons. The Morgan fingerprint density at radius 3 is 2.37 bits per heavy atom. The summed E-state index contributed by atoms with van der Waals surface area (Å²) in [6.45, 7) is 6.47. The molecular formula is C13H18BClO4. The van der Waals surface area contributed by atoms with Gasteiger partial charge in [0.05, 0.1) is 11.2 Å². The van der Waals surface area contributed by atoms with Crippen molar-refractivity contribution in [1.82, 2.24) is 0 Å². The van der Waals surface area contributed by atoms with E-state index in [0.29, 0.717) is 16.9 Å². The third-order valence-corrected chi connectivity index (χ3v) is 3.56. The molecule has 2 N–H and O–H groups in total. The Labute approximate surface area is 118 Å². The van der Waals surface area contributed by atoms with Gasteiger partial charge < -0.3 is 14.8 Å². The molecule has 0 atom stereocenters. The second-order valence-corrected chi connectivity index (χ2v) is 5.87. The number of aldehydes is 1. The van der Waals surface area contributed by atoms with Crippen molar-refractivity contribution in [3.8, 4) is 0 Å². The molecule has 19 heavy (non-hydrogen) atoms. The molecule has 0 spiro atoms. The van der Waals surface area contributed by atoms with E-state index in [0.717, 1.165) is 0 Å². The summed E-state index contributed by atoms with van der Waals surface area (Å²) in [5, 5.41) is 20.5. The predicted molar refractivity (Wildman–Crippen MR) is 75.9 cm³/mol. The van der Waals surface area contributed by atoms with Crippen molar-refractivity contribution in [3.05, 3.63) is 28.8 Å². The number of carbonyl (C=O) groups is 1. The van der Waals surface area contributed by atoms with Crippen molar-refractivity contribution in [1.29, 1.82) is 0 Å². The maximum atomic E-state index is 10.9. The minimum absolute atomic E-state index is 0.278. The van der Waals surface area contributed by atoms with Crippen LogP contribution in [-0.4, -0.2) is 34.7 Å². The Bertz CT molecular complexity index is 468. The van der Waals surface area contributed by atoms with Gasteiger partial charge in [0.15, 0.2) is 0 Å². The van der Waals surface area contributed by atoms with Gasteiger partial charge in [0.1, 0.15) is 6.29 Å². The van der Waals surface area contributed by atoms with Crippen LogP contribution in [0.15, 0.2) is 18.2 Å². The van der Waals surface area contributed by atoms with Gasteiger partial charge in [0.25, 0.3) is 0 Å². The average molecular weight is 285 g/mol. The zero-order valence-electron chi connectivity index (χ0n) is 11.5. The van der Waals surface area contributed by atoms with Crippen LogP contribution in [0.5, 0.6) is 0 Å². The third kappa shape index (κ3) is 3.80. The fourth-order valence-electron chi connectivity index (χ4n) is 1.35. The van der Waals surface area contributed by atoms with Gasteiger partial charge in [-0.2, -0.15) is 0 Å². The van der Waals surface area contributed by atoms with E-state index in [1.807, 2.05) is 0 Å². The Balaban J connectivity index is 3.05. The molecule has 4 nitrogen and oxygen atoms in total. The molecule has 6 heteroatoms. The van der Waals surface area contributed by atoms with E-state index in [1.54, 1.807) is 33.8 Å². The van der Waals surface area contributed by atoms with Gasteiger partial charge in [-0.25, -0.2) is 0 Å². The standard InChI is InChI=1S/C13H18BClO4/c1-12(2,17)13(3,4)19-14(18)11-7-10(15)6-5-9(11)8-16/h5-8,17-18H,1-4H3. The van der Waals surface area contributed by atoms with E-state index in [2.05, 4.69) is 0 Å². The minimum atomic E-state index is -1.35. The summed E-state index contributed by atoms with van der Waals surface area (Å²) in [5.74, 6) is 0. The molecule has 1 aromatic carbocycles. The van der Waals surface area contributed by atoms with Gasteiger partial charge in [-0.05, 0) is 45.3 Å². The van der Waals surface area contributed by atoms with Crippen LogP contribution in [0, 0.1) is 0 Å². The highest BCUT2D eigenvalue weighted by atomic mass is 35.5. The Morgan fingerprint density at radius 1 is 1.32 bits per heavy atom. The number of rotatable bonds is 5. The highest BCUT2D eigenvalue weighted by Crippen LogP contribution is 2.25. The van der Waals surface area contributed by atoms with Crippen LogP contribution < -0.4 is 5.46 Å². The molecule has 0 aromatic heterocycles. The van der Waals surface area contributed by atoms with Crippen molar-refractivity contribution in [3.63, 3.8) is 0 Å². The van der Waals surface area contributed by atoms with Crippen LogP contribution in [0.1, 0.15) is 38.1 Å². The number of benzene rings is 1. The van der Waals surface area contributed by atoms with Crippen LogP contribution in [0.2, 0.25) is 5.02 Å². The molecule has 0 fully saturated rings. The van der Waals surface area contributed by atoms with Crippen LogP contribution in [0.4, 0.5) is 0 Å². The first-order valence-electron chi connectivity index (χ1n) is 5.91. The predicted octanol–water partition coefficient (Wildman–Crippen LogP) is 1.41. The molecule has 0 amide bonds. The van der Waals surface area contributed by atoms with E-state index in [4.69, 9.17) is 16.3 Å². The number of hydrogen-bond acceptors (Lipinski definition) is 4. The van der Waals surface area contributed by atoms with Crippen LogP contribution in [0.3, 0.4) is 0 Å². The Morgan fingerprint density at radius 2 is 1.89 bits per heavy atom. The van der Waals surface area contributed by atoms with E-state index in [1.165, 1.54) is 12.1 Å². The van der Waals surface area contributed by atoms with Crippen LogP contribution >= 0.6 is 11.6 Å². The second kappa shape index (κ2) is 5.63. The monoisotopic (exact) mass is 284 g/mol. The molecule has 104 valence electrons. The first-order valence-corrected chi connectivity index (χ1v) is 6.29. The van der Waals surface area contributed by atoms with Gasteiger partial charge in [0.2, 0.25) is 0 Å². The summed E-state index contributed by atoms with van der Waals surface area (Å²) in [6, 6.07) is 4.54. The third-order valence-electron chi connectivity index (χ3n) is 3.32. The Kier molecular flexibility index (Phi) is 4.79. The summed E-state index contributed by atoms with van der Waals surface area (Å²) in [6.07, 6.45) is 0.620. The number of carbonyl (C=O) groups excluding carboxylic acids is 1. The molecule has 0 aliphatic heterocycles. The van der Waals surface area contributed by atoms with Crippen molar-refractivity contribution >= 4 is 30.5 Å². The molecular weight excluding hydrogens is 266 g/mol. The van der Waals surface area contributed by atoms with Crippen molar-refractivity contribution < 1.29 is 19.6 Å². The summed E-state index contributed by atoms with van der Waals surface area (Å²) < 4.78 is 5.47. The summed E-state index contributed by atoms with van der Waals surface area (Å²) >= 11 is 5.85. The molecule has 1 aromatic rings. The minimum Gasteiger partial charge on any atom is -0.423 e. The lowest BCUT2D eigenvalue weighted by atomic mass is 9.74. The van der Waals surface area contributed by atoms with Gasteiger partial charge in [0, 0.05) is 10.6 Å². The first kappa shape index (κ1) is 16.2. The fourth-order valence-corrected chi connectivity index (χ4v) is 1.53. The highest BCUT2D eigenvalue weighted by Gasteiger charge is 2.40. The van der Waals surface area contributed by atoms with Crippen molar-refractivity contribution in [2.75, 3.05) is 0 Å². The van der Waals surface area contributed by atoms with E-state index >= 15 is 0 Å². The summed E-state index contributed by atoms with van der Waals surface area (Å²) in [7, 11) is -1.35. The quantitative estimate of drug-likeness (QED) is 0.634. The van der Waals surface area contributed by atoms with Crippen LogP contribution in [-0.2, 0) is 4.65 Å². The molecule has 0 heterocycles. The SMILES string of the molecule is CC(C)(O)C(C)(C)OB(O)c1cc(Cl)ccc1C=O. The zero-order valence-corrected chi connectivity index (χ0v) is 12.2. The molecule has 0 saturated carbocycles. The van der Waals surface area contributed by atoms with E-state index < -0.39 is 18.3 Å². The average Bonchev–Trinajstić information content (AvgIpc) is 2.26. The first-order chi connectivity index (χ1) is 8.58. The van der Waals surface area contributed by atoms with Gasteiger partial charge in [-0.15, -0.1) is 0 Å². The largest absolute Gasteiger partial charge is 0.492 e. The normalized spacial score (nSPS) is 12.4. The maximum Gasteiger partial charge on any atom is 0.492 e. The smallest absolute Gasteiger partial charge is 0.423 e. The topological polar surface area (TPSA) is 66.8 Å². The lowest BCUT2D eigenvalue weighted by molar-refractivity contribution is -0.0982. The number of halogens is 1. The lowest BCUT2D eigenvalue weighted by Gasteiger charge is -2.38. The number of aliphatic hydroxyl groups is 1. The van der Waals surface area contributed by atoms with Gasteiger partial charge in [-0.1, -0.05) is 17.7 Å². The number of hydrogen-bond donors (Lipinski definition) is 2. The van der Waals surface area contributed by atoms with Gasteiger partial charge >= 0.3 is 7.12 Å². The molecule has 0 saturated heterocycles. The van der Waals surface area contributed by atoms with Crippen LogP contribution in [0.25, 0.3) is 0 Å². The van der Waals surface area contributed by atoms with E-state index in [-0.39, 0.29) is 5.46 Å². The summed E-state index contributed by atoms with van der Waals surface area (Å²) in [5.41, 5.74) is -1.59. The molecule has 0 aliphatic carbocycles. The molecule has 0 bridgehead atoms. The molecule has 0 aliphatic rings. The second-order valence-electron chi connectivity index (χ2n) is 5.43. The highest BCUT2D eigenvalue weighted by molar-refractivity contribution is 6.61. The lowest BCUT2D eigenvalue weighted by Crippen LogP contribution is -2.53.